The molecule has 16 heavy (non-hydrogen) atoms. The molecule has 2 heterocycles. The first kappa shape index (κ1) is 10.2. The molecule has 84 valence electrons. The fourth-order valence-corrected chi connectivity index (χ4v) is 3.07. The van der Waals surface area contributed by atoms with Crippen molar-refractivity contribution < 1.29 is 4.39 Å². The number of nitrogens with zero attached hydrogens (tertiary/aromatic N) is 1. The molecule has 0 saturated carbocycles. The molecule has 0 aliphatic carbocycles. The second-order valence-corrected chi connectivity index (χ2v) is 5.43. The summed E-state index contributed by atoms with van der Waals surface area (Å²) >= 11 is 1.69. The minimum absolute atomic E-state index is 0.206. The summed E-state index contributed by atoms with van der Waals surface area (Å²) in [6.07, 6.45) is 0. The van der Waals surface area contributed by atoms with Crippen LogP contribution in [-0.2, 0) is 0 Å². The van der Waals surface area contributed by atoms with Gasteiger partial charge in [0.15, 0.2) is 0 Å². The Morgan fingerprint density at radius 2 is 2.31 bits per heavy atom. The van der Waals surface area contributed by atoms with Crippen LogP contribution in [0.2, 0.25) is 0 Å². The van der Waals surface area contributed by atoms with Crippen molar-refractivity contribution in [2.45, 2.75) is 12.8 Å². The first-order valence-corrected chi connectivity index (χ1v) is 6.32. The van der Waals surface area contributed by atoms with E-state index in [0.29, 0.717) is 11.8 Å². The topological polar surface area (TPSA) is 24.9 Å². The Kier molecular flexibility index (Phi) is 2.41. The zero-order valence-corrected chi connectivity index (χ0v) is 9.85. The Morgan fingerprint density at radius 1 is 1.50 bits per heavy atom. The molecule has 4 heteroatoms. The summed E-state index contributed by atoms with van der Waals surface area (Å²) in [7, 11) is 0. The number of halogens is 1. The van der Waals surface area contributed by atoms with Crippen molar-refractivity contribution in [1.82, 2.24) is 10.3 Å². The molecule has 1 unspecified atom stereocenters. The van der Waals surface area contributed by atoms with Crippen LogP contribution in [-0.4, -0.2) is 18.1 Å². The molecule has 1 aromatic carbocycles. The van der Waals surface area contributed by atoms with Gasteiger partial charge in [-0.05, 0) is 31.1 Å². The van der Waals surface area contributed by atoms with Gasteiger partial charge in [-0.2, -0.15) is 0 Å². The predicted octanol–water partition coefficient (Wildman–Crippen LogP) is 2.76. The molecule has 0 radical (unpaired) electrons. The maximum Gasteiger partial charge on any atom is 0.125 e. The summed E-state index contributed by atoms with van der Waals surface area (Å²) in [5, 5.41) is 4.40. The van der Waals surface area contributed by atoms with Crippen LogP contribution in [0.15, 0.2) is 18.2 Å². The smallest absolute Gasteiger partial charge is 0.125 e. The standard InChI is InChI=1S/C12H13FN2S/c1-7(8-5-14-6-8)12-15-10-4-9(13)2-3-11(10)16-12/h2-4,7-8,14H,5-6H2,1H3. The van der Waals surface area contributed by atoms with Crippen LogP contribution >= 0.6 is 11.3 Å². The van der Waals surface area contributed by atoms with Gasteiger partial charge in [-0.3, -0.25) is 0 Å². The highest BCUT2D eigenvalue weighted by atomic mass is 32.1. The van der Waals surface area contributed by atoms with Crippen LogP contribution in [0.1, 0.15) is 17.8 Å². The third-order valence-corrected chi connectivity index (χ3v) is 4.51. The summed E-state index contributed by atoms with van der Waals surface area (Å²) in [6.45, 7) is 4.36. The quantitative estimate of drug-likeness (QED) is 0.867. The van der Waals surface area contributed by atoms with E-state index < -0.39 is 0 Å². The van der Waals surface area contributed by atoms with E-state index in [1.807, 2.05) is 6.07 Å². The lowest BCUT2D eigenvalue weighted by Gasteiger charge is -2.31. The molecule has 1 saturated heterocycles. The molecule has 1 N–H and O–H groups in total. The van der Waals surface area contributed by atoms with E-state index in [9.17, 15) is 4.39 Å². The zero-order valence-electron chi connectivity index (χ0n) is 9.03. The van der Waals surface area contributed by atoms with E-state index in [4.69, 9.17) is 0 Å². The van der Waals surface area contributed by atoms with Gasteiger partial charge < -0.3 is 5.32 Å². The van der Waals surface area contributed by atoms with Gasteiger partial charge in [0, 0.05) is 12.0 Å². The lowest BCUT2D eigenvalue weighted by atomic mass is 9.89. The van der Waals surface area contributed by atoms with Crippen molar-refractivity contribution in [1.29, 1.82) is 0 Å². The van der Waals surface area contributed by atoms with Crippen LogP contribution in [0.5, 0.6) is 0 Å². The second-order valence-electron chi connectivity index (χ2n) is 4.37. The van der Waals surface area contributed by atoms with E-state index in [1.165, 1.54) is 12.1 Å². The highest BCUT2D eigenvalue weighted by Crippen LogP contribution is 2.33. The fourth-order valence-electron chi connectivity index (χ4n) is 1.98. The van der Waals surface area contributed by atoms with E-state index >= 15 is 0 Å². The summed E-state index contributed by atoms with van der Waals surface area (Å²) in [5.41, 5.74) is 0.791. The van der Waals surface area contributed by atoms with Crippen molar-refractivity contribution >= 4 is 21.6 Å². The Labute approximate surface area is 97.5 Å². The van der Waals surface area contributed by atoms with Gasteiger partial charge in [-0.1, -0.05) is 6.92 Å². The van der Waals surface area contributed by atoms with Crippen molar-refractivity contribution in [3.05, 3.63) is 29.0 Å². The molecule has 2 aromatic rings. The summed E-state index contributed by atoms with van der Waals surface area (Å²) in [6, 6.07) is 4.83. The van der Waals surface area contributed by atoms with Gasteiger partial charge in [0.25, 0.3) is 0 Å². The van der Waals surface area contributed by atoms with Crippen molar-refractivity contribution in [2.24, 2.45) is 5.92 Å². The molecule has 1 atom stereocenters. The molecule has 1 aliphatic rings. The molecule has 3 rings (SSSR count). The third-order valence-electron chi connectivity index (χ3n) is 3.28. The van der Waals surface area contributed by atoms with Gasteiger partial charge in [0.05, 0.1) is 15.2 Å². The highest BCUT2D eigenvalue weighted by molar-refractivity contribution is 7.18. The number of nitrogens with one attached hydrogen (secondary N) is 1. The Hall–Kier alpha value is -1.00. The Bertz CT molecular complexity index is 519. The van der Waals surface area contributed by atoms with Gasteiger partial charge in [0.2, 0.25) is 0 Å². The molecular formula is C12H13FN2S. The van der Waals surface area contributed by atoms with Gasteiger partial charge >= 0.3 is 0 Å². The summed E-state index contributed by atoms with van der Waals surface area (Å²) < 4.78 is 14.1. The first-order valence-electron chi connectivity index (χ1n) is 5.51. The number of rotatable bonds is 2. The number of hydrogen-bond donors (Lipinski definition) is 1. The number of thiazole rings is 1. The summed E-state index contributed by atoms with van der Waals surface area (Å²) in [4.78, 5) is 4.53. The van der Waals surface area contributed by atoms with Crippen LogP contribution in [0.25, 0.3) is 10.2 Å². The maximum atomic E-state index is 13.0. The molecule has 1 aromatic heterocycles. The number of hydrogen-bond acceptors (Lipinski definition) is 3. The van der Waals surface area contributed by atoms with E-state index in [0.717, 1.165) is 28.3 Å². The third kappa shape index (κ3) is 1.62. The molecular weight excluding hydrogens is 223 g/mol. The van der Waals surface area contributed by atoms with E-state index in [-0.39, 0.29) is 5.82 Å². The average Bonchev–Trinajstić information content (AvgIpc) is 2.57. The minimum atomic E-state index is -0.206. The normalized spacial score (nSPS) is 18.6. The van der Waals surface area contributed by atoms with Gasteiger partial charge in [-0.15, -0.1) is 11.3 Å². The number of fused-ring (bicyclic) bond motifs is 1. The van der Waals surface area contributed by atoms with Crippen LogP contribution in [0.3, 0.4) is 0 Å². The SMILES string of the molecule is CC(c1nc2cc(F)ccc2s1)C1CNC1. The van der Waals surface area contributed by atoms with Crippen molar-refractivity contribution in [3.63, 3.8) is 0 Å². The molecule has 0 bridgehead atoms. The molecule has 2 nitrogen and oxygen atoms in total. The fraction of sp³-hybridized carbons (Fsp3) is 0.417. The van der Waals surface area contributed by atoms with Gasteiger partial charge in [-0.25, -0.2) is 9.37 Å². The van der Waals surface area contributed by atoms with Crippen LogP contribution in [0, 0.1) is 11.7 Å². The van der Waals surface area contributed by atoms with E-state index in [1.54, 1.807) is 11.3 Å². The lowest BCUT2D eigenvalue weighted by molar-refractivity contribution is 0.303. The molecule has 0 spiro atoms. The Balaban J connectivity index is 1.97. The number of aromatic nitrogens is 1. The molecule has 1 fully saturated rings. The van der Waals surface area contributed by atoms with Crippen molar-refractivity contribution in [3.8, 4) is 0 Å². The molecule has 0 amide bonds. The lowest BCUT2D eigenvalue weighted by Crippen LogP contribution is -2.44. The molecule has 1 aliphatic heterocycles. The summed E-state index contributed by atoms with van der Waals surface area (Å²) in [5.74, 6) is 0.953. The zero-order chi connectivity index (χ0) is 11.1. The van der Waals surface area contributed by atoms with Gasteiger partial charge in [0.1, 0.15) is 5.82 Å². The van der Waals surface area contributed by atoms with Crippen molar-refractivity contribution in [2.75, 3.05) is 13.1 Å². The Morgan fingerprint density at radius 3 is 3.00 bits per heavy atom. The minimum Gasteiger partial charge on any atom is -0.316 e. The highest BCUT2D eigenvalue weighted by Gasteiger charge is 2.26. The van der Waals surface area contributed by atoms with Crippen LogP contribution in [0.4, 0.5) is 4.39 Å². The monoisotopic (exact) mass is 236 g/mol. The van der Waals surface area contributed by atoms with Crippen LogP contribution < -0.4 is 5.32 Å². The maximum absolute atomic E-state index is 13.0. The largest absolute Gasteiger partial charge is 0.316 e. The first-order chi connectivity index (χ1) is 7.74. The predicted molar refractivity (Wildman–Crippen MR) is 64.4 cm³/mol. The number of benzene rings is 1. The second kappa shape index (κ2) is 3.79. The van der Waals surface area contributed by atoms with E-state index in [2.05, 4.69) is 17.2 Å². The average molecular weight is 236 g/mol.